The molecule has 2 nitrogen and oxygen atoms in total. The fourth-order valence-corrected chi connectivity index (χ4v) is 3.59. The van der Waals surface area contributed by atoms with E-state index in [4.69, 9.17) is 9.97 Å². The van der Waals surface area contributed by atoms with E-state index < -0.39 is 0 Å². The van der Waals surface area contributed by atoms with Crippen molar-refractivity contribution in [2.24, 2.45) is 0 Å². The Morgan fingerprint density at radius 2 is 1.31 bits per heavy atom. The number of fused-ring (bicyclic) bond motifs is 4. The molecule has 0 unspecified atom stereocenters. The van der Waals surface area contributed by atoms with Gasteiger partial charge in [0.1, 0.15) is 0 Å². The molecule has 1 aromatic heterocycles. The SMILES string of the molecule is Cc1ccc(-c2cc3nc4cc(C)ccc4nc3c3ccccc23)cc1. The number of hydrogen-bond acceptors (Lipinski definition) is 2. The number of aromatic nitrogens is 2. The van der Waals surface area contributed by atoms with Gasteiger partial charge >= 0.3 is 0 Å². The van der Waals surface area contributed by atoms with Crippen molar-refractivity contribution in [3.05, 3.63) is 83.9 Å². The Morgan fingerprint density at radius 3 is 2.12 bits per heavy atom. The third-order valence-corrected chi connectivity index (χ3v) is 4.96. The molecule has 0 aliphatic carbocycles. The van der Waals surface area contributed by atoms with Gasteiger partial charge in [-0.1, -0.05) is 60.2 Å². The van der Waals surface area contributed by atoms with Gasteiger partial charge in [-0.25, -0.2) is 9.97 Å². The van der Waals surface area contributed by atoms with Gasteiger partial charge in [0.25, 0.3) is 0 Å². The van der Waals surface area contributed by atoms with Crippen molar-refractivity contribution in [2.75, 3.05) is 0 Å². The molecule has 0 aliphatic heterocycles. The summed E-state index contributed by atoms with van der Waals surface area (Å²) in [6, 6.07) is 25.6. The molecule has 0 spiro atoms. The zero-order chi connectivity index (χ0) is 17.7. The molecular weight excluding hydrogens is 316 g/mol. The molecule has 0 aliphatic rings. The highest BCUT2D eigenvalue weighted by Gasteiger charge is 2.11. The number of rotatable bonds is 1. The van der Waals surface area contributed by atoms with Crippen LogP contribution in [-0.4, -0.2) is 9.97 Å². The minimum atomic E-state index is 0.941. The van der Waals surface area contributed by atoms with E-state index in [0.717, 1.165) is 27.5 Å². The summed E-state index contributed by atoms with van der Waals surface area (Å²) in [5.41, 5.74) is 8.67. The molecule has 4 aromatic carbocycles. The van der Waals surface area contributed by atoms with Gasteiger partial charge in [-0.3, -0.25) is 0 Å². The van der Waals surface area contributed by atoms with Crippen LogP contribution in [0.25, 0.3) is 44.0 Å². The van der Waals surface area contributed by atoms with Crippen molar-refractivity contribution in [1.29, 1.82) is 0 Å². The highest BCUT2D eigenvalue weighted by atomic mass is 14.8. The molecule has 2 heteroatoms. The van der Waals surface area contributed by atoms with Gasteiger partial charge < -0.3 is 0 Å². The van der Waals surface area contributed by atoms with E-state index in [1.807, 2.05) is 0 Å². The second-order valence-electron chi connectivity index (χ2n) is 6.92. The van der Waals surface area contributed by atoms with Crippen LogP contribution in [0.15, 0.2) is 72.8 Å². The van der Waals surface area contributed by atoms with Crippen LogP contribution in [0.4, 0.5) is 0 Å². The van der Waals surface area contributed by atoms with Crippen LogP contribution in [0.3, 0.4) is 0 Å². The lowest BCUT2D eigenvalue weighted by molar-refractivity contribution is 1.38. The first-order chi connectivity index (χ1) is 12.7. The molecule has 0 N–H and O–H groups in total. The summed E-state index contributed by atoms with van der Waals surface area (Å²) in [4.78, 5) is 9.86. The van der Waals surface area contributed by atoms with Gasteiger partial charge in [0.15, 0.2) is 0 Å². The van der Waals surface area contributed by atoms with Gasteiger partial charge in [0.05, 0.1) is 22.1 Å². The first-order valence-corrected chi connectivity index (χ1v) is 8.86. The Balaban J connectivity index is 1.92. The summed E-state index contributed by atoms with van der Waals surface area (Å²) in [7, 11) is 0. The minimum absolute atomic E-state index is 0.941. The van der Waals surface area contributed by atoms with E-state index >= 15 is 0 Å². The quantitative estimate of drug-likeness (QED) is 0.269. The zero-order valence-electron chi connectivity index (χ0n) is 14.8. The predicted octanol–water partition coefficient (Wildman–Crippen LogP) is 6.22. The topological polar surface area (TPSA) is 25.8 Å². The maximum atomic E-state index is 4.93. The molecule has 0 saturated carbocycles. The lowest BCUT2D eigenvalue weighted by Gasteiger charge is -2.11. The maximum Gasteiger partial charge on any atom is 0.0973 e. The van der Waals surface area contributed by atoms with Crippen LogP contribution in [0.2, 0.25) is 0 Å². The van der Waals surface area contributed by atoms with Crippen LogP contribution in [-0.2, 0) is 0 Å². The van der Waals surface area contributed by atoms with Crippen molar-refractivity contribution >= 4 is 32.8 Å². The van der Waals surface area contributed by atoms with Gasteiger partial charge in [0, 0.05) is 5.39 Å². The number of benzene rings is 4. The number of hydrogen-bond donors (Lipinski definition) is 0. The molecule has 26 heavy (non-hydrogen) atoms. The molecule has 0 amide bonds. The van der Waals surface area contributed by atoms with Crippen LogP contribution in [0.1, 0.15) is 11.1 Å². The largest absolute Gasteiger partial charge is 0.244 e. The molecule has 124 valence electrons. The lowest BCUT2D eigenvalue weighted by atomic mass is 9.96. The van der Waals surface area contributed by atoms with Crippen molar-refractivity contribution < 1.29 is 0 Å². The maximum absolute atomic E-state index is 4.93. The summed E-state index contributed by atoms with van der Waals surface area (Å²) in [5, 5.41) is 2.36. The summed E-state index contributed by atoms with van der Waals surface area (Å²) >= 11 is 0. The lowest BCUT2D eigenvalue weighted by Crippen LogP contribution is -1.92. The molecule has 0 saturated heterocycles. The second-order valence-corrected chi connectivity index (χ2v) is 6.92. The molecule has 1 heterocycles. The smallest absolute Gasteiger partial charge is 0.0973 e. The summed E-state index contributed by atoms with van der Waals surface area (Å²) in [6.45, 7) is 4.20. The Labute approximate surface area is 152 Å². The summed E-state index contributed by atoms with van der Waals surface area (Å²) in [6.07, 6.45) is 0. The molecule has 0 radical (unpaired) electrons. The Kier molecular flexibility index (Phi) is 3.26. The van der Waals surface area contributed by atoms with E-state index in [0.29, 0.717) is 0 Å². The van der Waals surface area contributed by atoms with Gasteiger partial charge in [0.2, 0.25) is 0 Å². The first kappa shape index (κ1) is 15.0. The van der Waals surface area contributed by atoms with Crippen molar-refractivity contribution in [2.45, 2.75) is 13.8 Å². The van der Waals surface area contributed by atoms with Gasteiger partial charge in [-0.2, -0.15) is 0 Å². The van der Waals surface area contributed by atoms with Crippen molar-refractivity contribution in [3.8, 4) is 11.1 Å². The minimum Gasteiger partial charge on any atom is -0.244 e. The first-order valence-electron chi connectivity index (χ1n) is 8.86. The monoisotopic (exact) mass is 334 g/mol. The average molecular weight is 334 g/mol. The third kappa shape index (κ3) is 2.34. The fourth-order valence-electron chi connectivity index (χ4n) is 3.59. The molecule has 0 bridgehead atoms. The third-order valence-electron chi connectivity index (χ3n) is 4.96. The normalized spacial score (nSPS) is 11.5. The zero-order valence-corrected chi connectivity index (χ0v) is 14.8. The van der Waals surface area contributed by atoms with Gasteiger partial charge in [-0.05, 0) is 54.1 Å². The van der Waals surface area contributed by atoms with E-state index in [1.54, 1.807) is 0 Å². The van der Waals surface area contributed by atoms with Crippen LogP contribution >= 0.6 is 0 Å². The van der Waals surface area contributed by atoms with Crippen LogP contribution < -0.4 is 0 Å². The van der Waals surface area contributed by atoms with Crippen molar-refractivity contribution in [1.82, 2.24) is 9.97 Å². The highest BCUT2D eigenvalue weighted by molar-refractivity contribution is 6.12. The molecule has 5 aromatic rings. The van der Waals surface area contributed by atoms with Crippen LogP contribution in [0.5, 0.6) is 0 Å². The number of nitrogens with zero attached hydrogens (tertiary/aromatic N) is 2. The predicted molar refractivity (Wildman–Crippen MR) is 109 cm³/mol. The van der Waals surface area contributed by atoms with Gasteiger partial charge in [-0.15, -0.1) is 0 Å². The number of aryl methyl sites for hydroxylation is 2. The molecule has 0 fully saturated rings. The second kappa shape index (κ2) is 5.63. The standard InChI is InChI=1S/C24H18N2/c1-15-7-10-17(11-8-15)20-14-23-24(19-6-4-3-5-18(19)20)26-21-12-9-16(2)13-22(21)25-23/h3-14H,1-2H3. The Morgan fingerprint density at radius 1 is 0.577 bits per heavy atom. The van der Waals surface area contributed by atoms with Crippen LogP contribution in [0, 0.1) is 13.8 Å². The van der Waals surface area contributed by atoms with E-state index in [9.17, 15) is 0 Å². The van der Waals surface area contributed by atoms with Crippen molar-refractivity contribution in [3.63, 3.8) is 0 Å². The highest BCUT2D eigenvalue weighted by Crippen LogP contribution is 2.34. The molecular formula is C24H18N2. The molecule has 5 rings (SSSR count). The summed E-state index contributed by atoms with van der Waals surface area (Å²) in [5.74, 6) is 0. The fraction of sp³-hybridized carbons (Fsp3) is 0.0833. The average Bonchev–Trinajstić information content (AvgIpc) is 2.66. The summed E-state index contributed by atoms with van der Waals surface area (Å²) < 4.78 is 0. The Bertz CT molecular complexity index is 1280. The van der Waals surface area contributed by atoms with E-state index in [1.165, 1.54) is 27.6 Å². The van der Waals surface area contributed by atoms with E-state index in [2.05, 4.69) is 86.6 Å². The Hall–Kier alpha value is -3.26. The van der Waals surface area contributed by atoms with E-state index in [-0.39, 0.29) is 0 Å². The molecule has 0 atom stereocenters.